The van der Waals surface area contributed by atoms with Gasteiger partial charge in [0.05, 0.1) is 12.1 Å². The highest BCUT2D eigenvalue weighted by molar-refractivity contribution is 5.88. The summed E-state index contributed by atoms with van der Waals surface area (Å²) in [6.07, 6.45) is 0. The molecule has 0 aliphatic rings. The van der Waals surface area contributed by atoms with E-state index in [1.807, 2.05) is 0 Å². The molecule has 0 spiro atoms. The van der Waals surface area contributed by atoms with Gasteiger partial charge in [0.25, 0.3) is 0 Å². The zero-order chi connectivity index (χ0) is 9.68. The summed E-state index contributed by atoms with van der Waals surface area (Å²) in [6, 6.07) is 6.01. The summed E-state index contributed by atoms with van der Waals surface area (Å²) in [7, 11) is 0. The Morgan fingerprint density at radius 2 is 2.08 bits per heavy atom. The van der Waals surface area contributed by atoms with Gasteiger partial charge in [0, 0.05) is 4.53 Å². The molecule has 0 atom stereocenters. The Hall–Kier alpha value is -1.78. The van der Waals surface area contributed by atoms with E-state index in [0.717, 1.165) is 5.56 Å². The summed E-state index contributed by atoms with van der Waals surface area (Å²) >= 11 is 0. The maximum atomic E-state index is 11.4. The van der Waals surface area contributed by atoms with Crippen molar-refractivity contribution >= 4 is 5.97 Å². The minimum Gasteiger partial charge on any atom is -0.249 e. The van der Waals surface area contributed by atoms with Crippen LogP contribution in [0.4, 0.5) is 4.53 Å². The van der Waals surface area contributed by atoms with Gasteiger partial charge in [-0.05, 0) is 17.7 Å². The van der Waals surface area contributed by atoms with E-state index in [9.17, 15) is 9.32 Å². The molecule has 0 unspecified atom stereocenters. The quantitative estimate of drug-likeness (QED) is 0.728. The Morgan fingerprint density at radius 3 is 2.54 bits per heavy atom. The van der Waals surface area contributed by atoms with Gasteiger partial charge in [-0.25, -0.2) is 15.3 Å². The van der Waals surface area contributed by atoms with Gasteiger partial charge >= 0.3 is 5.97 Å². The van der Waals surface area contributed by atoms with Crippen molar-refractivity contribution in [1.82, 2.24) is 0 Å². The Morgan fingerprint density at radius 1 is 1.46 bits per heavy atom. The van der Waals surface area contributed by atoms with Crippen LogP contribution in [0.3, 0.4) is 0 Å². The third kappa shape index (κ3) is 2.33. The molecule has 1 aromatic carbocycles. The second-order valence-corrected chi connectivity index (χ2v) is 2.38. The highest BCUT2D eigenvalue weighted by Gasteiger charge is 2.06. The van der Waals surface area contributed by atoms with Crippen LogP contribution < -0.4 is 0 Å². The number of carbonyl (C=O) groups excluding carboxylic acids is 1. The maximum absolute atomic E-state index is 11.4. The van der Waals surface area contributed by atoms with Crippen LogP contribution in [0.1, 0.15) is 15.9 Å². The SMILES string of the molecule is N=NCc1ccc(C(=O)OF)cc1. The molecule has 0 amide bonds. The van der Waals surface area contributed by atoms with Crippen LogP contribution >= 0.6 is 0 Å². The molecule has 0 saturated carbocycles. The highest BCUT2D eigenvalue weighted by Crippen LogP contribution is 2.06. The van der Waals surface area contributed by atoms with E-state index in [1.165, 1.54) is 12.1 Å². The monoisotopic (exact) mass is 182 g/mol. The van der Waals surface area contributed by atoms with Crippen LogP contribution in [-0.4, -0.2) is 5.97 Å². The molecule has 0 bridgehead atoms. The fraction of sp³-hybridized carbons (Fsp3) is 0.125. The lowest BCUT2D eigenvalue weighted by atomic mass is 10.1. The predicted molar refractivity (Wildman–Crippen MR) is 41.8 cm³/mol. The third-order valence-corrected chi connectivity index (χ3v) is 1.52. The molecule has 0 aliphatic heterocycles. The fourth-order valence-corrected chi connectivity index (χ4v) is 0.882. The van der Waals surface area contributed by atoms with E-state index >= 15 is 0 Å². The smallest absolute Gasteiger partial charge is 0.249 e. The first-order valence-corrected chi connectivity index (χ1v) is 3.53. The van der Waals surface area contributed by atoms with Crippen molar-refractivity contribution in [2.45, 2.75) is 6.54 Å². The molecule has 1 aromatic rings. The second-order valence-electron chi connectivity index (χ2n) is 2.38. The molecule has 13 heavy (non-hydrogen) atoms. The van der Waals surface area contributed by atoms with Crippen molar-refractivity contribution < 1.29 is 14.3 Å². The van der Waals surface area contributed by atoms with E-state index in [2.05, 4.69) is 10.1 Å². The van der Waals surface area contributed by atoms with Gasteiger partial charge in [-0.15, -0.1) is 0 Å². The number of rotatable bonds is 3. The van der Waals surface area contributed by atoms with E-state index in [-0.39, 0.29) is 12.1 Å². The molecular formula is C8H7FN2O2. The molecule has 0 heterocycles. The van der Waals surface area contributed by atoms with E-state index < -0.39 is 5.97 Å². The topological polar surface area (TPSA) is 62.5 Å². The number of hydrogen-bond donors (Lipinski definition) is 1. The third-order valence-electron chi connectivity index (χ3n) is 1.52. The van der Waals surface area contributed by atoms with Gasteiger partial charge in [-0.3, -0.25) is 0 Å². The number of hydrogen-bond acceptors (Lipinski definition) is 4. The first-order valence-electron chi connectivity index (χ1n) is 3.53. The summed E-state index contributed by atoms with van der Waals surface area (Å²) in [5.74, 6) is -1.02. The van der Waals surface area contributed by atoms with Gasteiger partial charge in [-0.1, -0.05) is 12.1 Å². The predicted octanol–water partition coefficient (Wildman–Crippen LogP) is 2.26. The molecule has 0 aliphatic carbocycles. The molecular weight excluding hydrogens is 175 g/mol. The first kappa shape index (κ1) is 9.31. The molecule has 68 valence electrons. The zero-order valence-corrected chi connectivity index (χ0v) is 6.66. The summed E-state index contributed by atoms with van der Waals surface area (Å²) < 4.78 is 11.4. The van der Waals surface area contributed by atoms with Crippen molar-refractivity contribution in [3.8, 4) is 0 Å². The number of nitrogens with zero attached hydrogens (tertiary/aromatic N) is 1. The minimum atomic E-state index is -1.02. The second kappa shape index (κ2) is 4.30. The van der Waals surface area contributed by atoms with Crippen molar-refractivity contribution in [2.75, 3.05) is 0 Å². The summed E-state index contributed by atoms with van der Waals surface area (Å²) in [6.45, 7) is 0.255. The maximum Gasteiger partial charge on any atom is 0.379 e. The number of benzene rings is 1. The molecule has 1 rings (SSSR count). The average molecular weight is 182 g/mol. The Labute approximate surface area is 73.7 Å². The van der Waals surface area contributed by atoms with Crippen molar-refractivity contribution in [3.63, 3.8) is 0 Å². The first-order chi connectivity index (χ1) is 6.27. The van der Waals surface area contributed by atoms with Gasteiger partial charge in [0.1, 0.15) is 0 Å². The Bertz CT molecular complexity index is 310. The number of carbonyl (C=O) groups is 1. The van der Waals surface area contributed by atoms with Crippen LogP contribution in [0, 0.1) is 5.53 Å². The Balaban J connectivity index is 2.80. The minimum absolute atomic E-state index is 0.135. The molecule has 1 N–H and O–H groups in total. The van der Waals surface area contributed by atoms with Gasteiger partial charge in [0.15, 0.2) is 0 Å². The van der Waals surface area contributed by atoms with Gasteiger partial charge in [-0.2, -0.15) is 5.11 Å². The van der Waals surface area contributed by atoms with Gasteiger partial charge in [0.2, 0.25) is 0 Å². The van der Waals surface area contributed by atoms with Crippen LogP contribution in [0.15, 0.2) is 29.4 Å². The molecule has 0 saturated heterocycles. The lowest BCUT2D eigenvalue weighted by Crippen LogP contribution is -1.98. The number of halogens is 1. The number of nitrogens with one attached hydrogen (secondary N) is 1. The van der Waals surface area contributed by atoms with Crippen molar-refractivity contribution in [3.05, 3.63) is 35.4 Å². The molecule has 0 aromatic heterocycles. The molecule has 4 nitrogen and oxygen atoms in total. The summed E-state index contributed by atoms with van der Waals surface area (Å²) in [5.41, 5.74) is 7.51. The summed E-state index contributed by atoms with van der Waals surface area (Å²) in [5, 5.41) is 3.16. The van der Waals surface area contributed by atoms with Crippen LogP contribution in [-0.2, 0) is 11.5 Å². The lowest BCUT2D eigenvalue weighted by Gasteiger charge is -1.96. The van der Waals surface area contributed by atoms with Crippen LogP contribution in [0.5, 0.6) is 0 Å². The molecule has 0 radical (unpaired) electrons. The van der Waals surface area contributed by atoms with Crippen LogP contribution in [0.2, 0.25) is 0 Å². The summed E-state index contributed by atoms with van der Waals surface area (Å²) in [4.78, 5) is 13.7. The van der Waals surface area contributed by atoms with Crippen LogP contribution in [0.25, 0.3) is 0 Å². The van der Waals surface area contributed by atoms with Gasteiger partial charge < -0.3 is 0 Å². The highest BCUT2D eigenvalue weighted by atomic mass is 19.3. The Kier molecular flexibility index (Phi) is 3.08. The zero-order valence-electron chi connectivity index (χ0n) is 6.66. The van der Waals surface area contributed by atoms with E-state index in [1.54, 1.807) is 12.1 Å². The van der Waals surface area contributed by atoms with Crippen molar-refractivity contribution in [2.24, 2.45) is 5.11 Å². The normalized spacial score (nSPS) is 9.31. The largest absolute Gasteiger partial charge is 0.379 e. The van der Waals surface area contributed by atoms with E-state index in [0.29, 0.717) is 0 Å². The molecule has 5 heteroatoms. The standard InChI is InChI=1S/C8H7FN2O2/c9-13-8(12)7-3-1-6(2-4-7)5-11-10/h1-4,10H,5H2. The van der Waals surface area contributed by atoms with Crippen molar-refractivity contribution in [1.29, 1.82) is 5.53 Å². The molecule has 0 fully saturated rings. The average Bonchev–Trinajstić information content (AvgIpc) is 2.18. The fourth-order valence-electron chi connectivity index (χ4n) is 0.882. The van der Waals surface area contributed by atoms with E-state index in [4.69, 9.17) is 5.53 Å². The lowest BCUT2D eigenvalue weighted by molar-refractivity contribution is -0.0788.